The Hall–Kier alpha value is -0.220. The molecule has 0 heterocycles. The molecule has 62 valence electrons. The van der Waals surface area contributed by atoms with Crippen molar-refractivity contribution in [1.82, 2.24) is 0 Å². The van der Waals surface area contributed by atoms with Gasteiger partial charge in [-0.3, -0.25) is 0 Å². The van der Waals surface area contributed by atoms with Crippen LogP contribution in [0.15, 0.2) is 0 Å². The minimum Gasteiger partial charge on any atom is -0.380 e. The molecule has 10 heavy (non-hydrogen) atoms. The minimum absolute atomic E-state index is 0.516. The van der Waals surface area contributed by atoms with Gasteiger partial charge in [-0.1, -0.05) is 6.92 Å². The third-order valence-corrected chi connectivity index (χ3v) is 1.43. The maximum absolute atomic E-state index is 11.8. The molecule has 0 fully saturated rings. The zero-order valence-corrected chi connectivity index (χ0v) is 6.18. The molecule has 0 saturated carbocycles. The van der Waals surface area contributed by atoms with Crippen molar-refractivity contribution in [2.45, 2.75) is 31.9 Å². The SMILES string of the molecule is CCC(OC)C(N)C(F)F. The van der Waals surface area contributed by atoms with Crippen molar-refractivity contribution >= 4 is 0 Å². The van der Waals surface area contributed by atoms with Gasteiger partial charge < -0.3 is 10.5 Å². The van der Waals surface area contributed by atoms with Gasteiger partial charge >= 0.3 is 0 Å². The summed E-state index contributed by atoms with van der Waals surface area (Å²) in [6.45, 7) is 1.76. The van der Waals surface area contributed by atoms with Gasteiger partial charge in [0.2, 0.25) is 0 Å². The highest BCUT2D eigenvalue weighted by molar-refractivity contribution is 4.73. The van der Waals surface area contributed by atoms with Crippen molar-refractivity contribution in [3.05, 3.63) is 0 Å². The first-order valence-corrected chi connectivity index (χ1v) is 3.20. The van der Waals surface area contributed by atoms with Crippen LogP contribution in [0.5, 0.6) is 0 Å². The second-order valence-corrected chi connectivity index (χ2v) is 2.09. The predicted molar refractivity (Wildman–Crippen MR) is 35.1 cm³/mol. The molecule has 0 amide bonds. The number of methoxy groups -OCH3 is 1. The quantitative estimate of drug-likeness (QED) is 0.654. The normalized spacial score (nSPS) is 17.4. The van der Waals surface area contributed by atoms with E-state index in [2.05, 4.69) is 0 Å². The van der Waals surface area contributed by atoms with Gasteiger partial charge in [-0.25, -0.2) is 8.78 Å². The molecule has 0 aliphatic rings. The monoisotopic (exact) mass is 153 g/mol. The van der Waals surface area contributed by atoms with Crippen molar-refractivity contribution in [2.75, 3.05) is 7.11 Å². The highest BCUT2D eigenvalue weighted by Crippen LogP contribution is 2.08. The summed E-state index contributed by atoms with van der Waals surface area (Å²) in [4.78, 5) is 0. The molecule has 0 aromatic heterocycles. The number of rotatable bonds is 4. The van der Waals surface area contributed by atoms with E-state index in [1.165, 1.54) is 7.11 Å². The Kier molecular flexibility index (Phi) is 4.47. The Balaban J connectivity index is 3.76. The molecule has 0 aliphatic carbocycles. The summed E-state index contributed by atoms with van der Waals surface area (Å²) in [5.74, 6) is 0. The zero-order chi connectivity index (χ0) is 8.15. The van der Waals surface area contributed by atoms with Crippen LogP contribution in [-0.4, -0.2) is 25.7 Å². The lowest BCUT2D eigenvalue weighted by Gasteiger charge is -2.19. The second kappa shape index (κ2) is 4.57. The van der Waals surface area contributed by atoms with Crippen LogP contribution in [0.3, 0.4) is 0 Å². The van der Waals surface area contributed by atoms with Crippen LogP contribution in [-0.2, 0) is 4.74 Å². The fourth-order valence-electron chi connectivity index (χ4n) is 0.758. The van der Waals surface area contributed by atoms with Crippen LogP contribution in [0.1, 0.15) is 13.3 Å². The minimum atomic E-state index is -2.50. The average Bonchev–Trinajstić information content (AvgIpc) is 1.90. The van der Waals surface area contributed by atoms with E-state index in [9.17, 15) is 8.78 Å². The van der Waals surface area contributed by atoms with Gasteiger partial charge in [0.05, 0.1) is 12.1 Å². The Morgan fingerprint density at radius 1 is 1.50 bits per heavy atom. The van der Waals surface area contributed by atoms with Gasteiger partial charge in [-0.05, 0) is 6.42 Å². The molecular weight excluding hydrogens is 140 g/mol. The van der Waals surface area contributed by atoms with Crippen LogP contribution in [0.4, 0.5) is 8.78 Å². The highest BCUT2D eigenvalue weighted by atomic mass is 19.3. The molecule has 0 aromatic carbocycles. The summed E-state index contributed by atoms with van der Waals surface area (Å²) in [5, 5.41) is 0. The Bertz CT molecular complexity index is 85.8. The van der Waals surface area contributed by atoms with Crippen LogP contribution in [0.2, 0.25) is 0 Å². The van der Waals surface area contributed by atoms with Crippen LogP contribution in [0, 0.1) is 0 Å². The Morgan fingerprint density at radius 2 is 2.00 bits per heavy atom. The topological polar surface area (TPSA) is 35.2 Å². The predicted octanol–water partition coefficient (Wildman–Crippen LogP) is 1.00. The molecule has 2 N–H and O–H groups in total. The van der Waals surface area contributed by atoms with Crippen molar-refractivity contribution < 1.29 is 13.5 Å². The largest absolute Gasteiger partial charge is 0.380 e. The first-order chi connectivity index (χ1) is 4.63. The Labute approximate surface area is 59.3 Å². The van der Waals surface area contributed by atoms with E-state index in [1.807, 2.05) is 0 Å². The number of hydrogen-bond donors (Lipinski definition) is 1. The summed E-state index contributed by atoms with van der Waals surface area (Å²) >= 11 is 0. The van der Waals surface area contributed by atoms with E-state index in [4.69, 9.17) is 10.5 Å². The molecule has 0 rings (SSSR count). The fourth-order valence-corrected chi connectivity index (χ4v) is 0.758. The van der Waals surface area contributed by atoms with E-state index >= 15 is 0 Å². The molecular formula is C6H13F2NO. The van der Waals surface area contributed by atoms with Gasteiger partial charge in [0.1, 0.15) is 0 Å². The average molecular weight is 153 g/mol. The zero-order valence-electron chi connectivity index (χ0n) is 6.18. The molecule has 0 saturated heterocycles. The summed E-state index contributed by atoms with van der Waals surface area (Å²) in [6, 6.07) is -1.16. The number of alkyl halides is 2. The summed E-state index contributed by atoms with van der Waals surface area (Å²) in [5.41, 5.74) is 5.11. The summed E-state index contributed by atoms with van der Waals surface area (Å²) < 4.78 is 28.4. The number of nitrogens with two attached hydrogens (primary N) is 1. The van der Waals surface area contributed by atoms with E-state index in [0.717, 1.165) is 0 Å². The molecule has 0 spiro atoms. The van der Waals surface area contributed by atoms with E-state index in [1.54, 1.807) is 6.92 Å². The van der Waals surface area contributed by atoms with Crippen LogP contribution < -0.4 is 5.73 Å². The van der Waals surface area contributed by atoms with Gasteiger partial charge in [0.15, 0.2) is 0 Å². The van der Waals surface area contributed by atoms with Crippen LogP contribution in [0.25, 0.3) is 0 Å². The number of halogens is 2. The lowest BCUT2D eigenvalue weighted by molar-refractivity contribution is 0.00778. The van der Waals surface area contributed by atoms with Gasteiger partial charge in [-0.2, -0.15) is 0 Å². The van der Waals surface area contributed by atoms with Crippen molar-refractivity contribution in [2.24, 2.45) is 5.73 Å². The summed E-state index contributed by atoms with van der Waals surface area (Å²) in [6.07, 6.45) is -2.51. The maximum Gasteiger partial charge on any atom is 0.256 e. The molecule has 4 heteroatoms. The first kappa shape index (κ1) is 9.78. The molecule has 0 radical (unpaired) electrons. The van der Waals surface area contributed by atoms with Crippen molar-refractivity contribution in [1.29, 1.82) is 0 Å². The maximum atomic E-state index is 11.8. The third kappa shape index (κ3) is 2.58. The second-order valence-electron chi connectivity index (χ2n) is 2.09. The van der Waals surface area contributed by atoms with E-state index < -0.39 is 18.6 Å². The fraction of sp³-hybridized carbons (Fsp3) is 1.00. The molecule has 0 aliphatic heterocycles. The Morgan fingerprint density at radius 3 is 2.10 bits per heavy atom. The smallest absolute Gasteiger partial charge is 0.256 e. The first-order valence-electron chi connectivity index (χ1n) is 3.20. The molecule has 2 atom stereocenters. The lowest BCUT2D eigenvalue weighted by atomic mass is 10.1. The molecule has 0 aromatic rings. The third-order valence-electron chi connectivity index (χ3n) is 1.43. The van der Waals surface area contributed by atoms with Crippen molar-refractivity contribution in [3.63, 3.8) is 0 Å². The van der Waals surface area contributed by atoms with Gasteiger partial charge in [0, 0.05) is 7.11 Å². The van der Waals surface area contributed by atoms with Crippen LogP contribution >= 0.6 is 0 Å². The molecule has 2 nitrogen and oxygen atoms in total. The highest BCUT2D eigenvalue weighted by Gasteiger charge is 2.23. The van der Waals surface area contributed by atoms with E-state index in [-0.39, 0.29) is 0 Å². The summed E-state index contributed by atoms with van der Waals surface area (Å²) in [7, 11) is 1.39. The molecule has 0 bridgehead atoms. The van der Waals surface area contributed by atoms with Gasteiger partial charge in [-0.15, -0.1) is 0 Å². The van der Waals surface area contributed by atoms with Gasteiger partial charge in [0.25, 0.3) is 6.43 Å². The number of ether oxygens (including phenoxy) is 1. The lowest BCUT2D eigenvalue weighted by Crippen LogP contribution is -2.41. The van der Waals surface area contributed by atoms with Crippen molar-refractivity contribution in [3.8, 4) is 0 Å². The van der Waals surface area contributed by atoms with E-state index in [0.29, 0.717) is 6.42 Å². The molecule has 2 unspecified atom stereocenters. The number of hydrogen-bond acceptors (Lipinski definition) is 2. The standard InChI is InChI=1S/C6H13F2NO/c1-3-4(10-2)5(9)6(7)8/h4-6H,3,9H2,1-2H3.